The molecular formula is C19H16F2O3S. The van der Waals surface area contributed by atoms with Crippen LogP contribution >= 0.6 is 0 Å². The molecule has 2 aromatic rings. The molecule has 3 rings (SSSR count). The number of hydrogen-bond donors (Lipinski definition) is 0. The van der Waals surface area contributed by atoms with Crippen molar-refractivity contribution >= 4 is 28.3 Å². The molecule has 0 radical (unpaired) electrons. The minimum Gasteiger partial charge on any atom is -0.612 e. The van der Waals surface area contributed by atoms with Crippen LogP contribution in [0.2, 0.25) is 0 Å². The maximum atomic E-state index is 14.2. The highest BCUT2D eigenvalue weighted by Gasteiger charge is 2.43. The lowest BCUT2D eigenvalue weighted by atomic mass is 9.92. The minimum atomic E-state index is -1.47. The first-order valence-corrected chi connectivity index (χ1v) is 9.14. The lowest BCUT2D eigenvalue weighted by Gasteiger charge is -2.18. The minimum absolute atomic E-state index is 0.0697. The van der Waals surface area contributed by atoms with Gasteiger partial charge in [0, 0.05) is 5.56 Å². The molecule has 130 valence electrons. The van der Waals surface area contributed by atoms with Gasteiger partial charge in [-0.2, -0.15) is 0 Å². The Balaban J connectivity index is 2.19. The summed E-state index contributed by atoms with van der Waals surface area (Å²) < 4.78 is 45.1. The van der Waals surface area contributed by atoms with Crippen molar-refractivity contribution in [1.29, 1.82) is 0 Å². The Labute approximate surface area is 147 Å². The Bertz CT molecular complexity index is 888. The summed E-state index contributed by atoms with van der Waals surface area (Å²) in [7, 11) is 0. The van der Waals surface area contributed by atoms with Gasteiger partial charge in [0.15, 0.2) is 16.3 Å². The molecule has 1 aliphatic rings. The summed E-state index contributed by atoms with van der Waals surface area (Å²) in [6.45, 7) is 3.21. The van der Waals surface area contributed by atoms with Gasteiger partial charge in [-0.3, -0.25) is 4.79 Å². The third-order valence-electron chi connectivity index (χ3n) is 3.98. The summed E-state index contributed by atoms with van der Waals surface area (Å²) in [5.74, 6) is -1.25. The number of carbonyl (C=O) groups excluding carboxylic acids is 1. The van der Waals surface area contributed by atoms with Crippen LogP contribution in [0.1, 0.15) is 25.0 Å². The molecule has 1 heterocycles. The molecule has 1 aliphatic heterocycles. The number of ketones is 1. The quantitative estimate of drug-likeness (QED) is 0.777. The van der Waals surface area contributed by atoms with Gasteiger partial charge >= 0.3 is 0 Å². The van der Waals surface area contributed by atoms with E-state index in [1.165, 1.54) is 36.6 Å². The molecule has 0 aliphatic carbocycles. The normalized spacial score (nSPS) is 17.6. The van der Waals surface area contributed by atoms with E-state index < -0.39 is 28.4 Å². The fourth-order valence-corrected chi connectivity index (χ4v) is 3.33. The highest BCUT2D eigenvalue weighted by Crippen LogP contribution is 2.41. The van der Waals surface area contributed by atoms with Gasteiger partial charge in [0.25, 0.3) is 0 Å². The second-order valence-corrected chi connectivity index (χ2v) is 7.60. The van der Waals surface area contributed by atoms with E-state index in [1.54, 1.807) is 26.0 Å². The van der Waals surface area contributed by atoms with Crippen molar-refractivity contribution in [1.82, 2.24) is 0 Å². The third-order valence-corrected chi connectivity index (χ3v) is 4.93. The molecule has 3 nitrogen and oxygen atoms in total. The first kappa shape index (κ1) is 17.6. The summed E-state index contributed by atoms with van der Waals surface area (Å²) in [6, 6.07) is 9.74. The SMILES string of the molecule is C[S+]([O-])c1ccc(C2=C(c3cccc(F)c3)C(=O)C(C)(C)O2)cc1F. The monoisotopic (exact) mass is 362 g/mol. The topological polar surface area (TPSA) is 49.4 Å². The van der Waals surface area contributed by atoms with E-state index in [1.807, 2.05) is 0 Å². The molecule has 0 aromatic heterocycles. The number of rotatable bonds is 3. The van der Waals surface area contributed by atoms with E-state index in [9.17, 15) is 18.1 Å². The molecular weight excluding hydrogens is 346 g/mol. The van der Waals surface area contributed by atoms with Crippen LogP contribution in [0.5, 0.6) is 0 Å². The number of ether oxygens (including phenoxy) is 1. The van der Waals surface area contributed by atoms with Crippen LogP contribution in [0.4, 0.5) is 8.78 Å². The van der Waals surface area contributed by atoms with Crippen molar-refractivity contribution < 1.29 is 22.9 Å². The van der Waals surface area contributed by atoms with Gasteiger partial charge in [-0.25, -0.2) is 8.78 Å². The van der Waals surface area contributed by atoms with E-state index in [2.05, 4.69) is 0 Å². The molecule has 1 atom stereocenters. The van der Waals surface area contributed by atoms with Gasteiger partial charge in [-0.05, 0) is 60.9 Å². The molecule has 0 amide bonds. The maximum Gasteiger partial charge on any atom is 0.210 e. The van der Waals surface area contributed by atoms with Crippen molar-refractivity contribution in [2.45, 2.75) is 24.3 Å². The van der Waals surface area contributed by atoms with Gasteiger partial charge < -0.3 is 9.29 Å². The highest BCUT2D eigenvalue weighted by molar-refractivity contribution is 7.90. The molecule has 0 N–H and O–H groups in total. The second kappa shape index (κ2) is 6.28. The average Bonchev–Trinajstić information content (AvgIpc) is 2.77. The van der Waals surface area contributed by atoms with Crippen LogP contribution in [0.3, 0.4) is 0 Å². The average molecular weight is 362 g/mol. The van der Waals surface area contributed by atoms with E-state index in [0.717, 1.165) is 0 Å². The van der Waals surface area contributed by atoms with Crippen molar-refractivity contribution in [2.24, 2.45) is 0 Å². The van der Waals surface area contributed by atoms with Crippen molar-refractivity contribution in [2.75, 3.05) is 6.26 Å². The zero-order chi connectivity index (χ0) is 18.4. The van der Waals surface area contributed by atoms with Crippen LogP contribution in [-0.2, 0) is 20.7 Å². The lowest BCUT2D eigenvalue weighted by Crippen LogP contribution is -2.29. The standard InChI is InChI=1S/C19H16F2O3S/c1-19(2)18(22)16(11-5-4-6-13(20)9-11)17(24-19)12-7-8-15(25(3)23)14(21)10-12/h4-10H,1-3H3. The molecule has 0 saturated carbocycles. The van der Waals surface area contributed by atoms with Gasteiger partial charge in [0.2, 0.25) is 5.78 Å². The summed E-state index contributed by atoms with van der Waals surface area (Å²) in [4.78, 5) is 12.8. The number of carbonyl (C=O) groups is 1. The number of Topliss-reactive ketones (excluding diaryl/α,β-unsaturated/α-hetero) is 1. The van der Waals surface area contributed by atoms with E-state index in [4.69, 9.17) is 4.74 Å². The fourth-order valence-electron chi connectivity index (χ4n) is 2.74. The summed E-state index contributed by atoms with van der Waals surface area (Å²) in [5.41, 5.74) is -0.229. The predicted octanol–water partition coefficient (Wildman–Crippen LogP) is 3.95. The van der Waals surface area contributed by atoms with Crippen molar-refractivity contribution in [3.63, 3.8) is 0 Å². The molecule has 0 bridgehead atoms. The van der Waals surface area contributed by atoms with Crippen LogP contribution in [0, 0.1) is 11.6 Å². The van der Waals surface area contributed by atoms with E-state index >= 15 is 0 Å². The number of hydrogen-bond acceptors (Lipinski definition) is 3. The Hall–Kier alpha value is -2.18. The lowest BCUT2D eigenvalue weighted by molar-refractivity contribution is -0.125. The molecule has 2 aromatic carbocycles. The number of benzene rings is 2. The number of halogens is 2. The van der Waals surface area contributed by atoms with Gasteiger partial charge in [-0.1, -0.05) is 12.1 Å². The van der Waals surface area contributed by atoms with E-state index in [0.29, 0.717) is 11.1 Å². The zero-order valence-corrected chi connectivity index (χ0v) is 14.7. The Morgan fingerprint density at radius 1 is 1.08 bits per heavy atom. The molecule has 0 saturated heterocycles. The highest BCUT2D eigenvalue weighted by atomic mass is 32.2. The first-order chi connectivity index (χ1) is 11.7. The molecule has 6 heteroatoms. The summed E-state index contributed by atoms with van der Waals surface area (Å²) >= 11 is -1.47. The Morgan fingerprint density at radius 3 is 2.40 bits per heavy atom. The molecule has 1 unspecified atom stereocenters. The summed E-state index contributed by atoms with van der Waals surface area (Å²) in [5, 5.41) is 0. The smallest absolute Gasteiger partial charge is 0.210 e. The van der Waals surface area contributed by atoms with Crippen LogP contribution in [-0.4, -0.2) is 22.2 Å². The molecule has 0 spiro atoms. The van der Waals surface area contributed by atoms with Crippen LogP contribution < -0.4 is 0 Å². The second-order valence-electron chi connectivity index (χ2n) is 6.26. The first-order valence-electron chi connectivity index (χ1n) is 7.58. The maximum absolute atomic E-state index is 14.2. The third kappa shape index (κ3) is 3.19. The van der Waals surface area contributed by atoms with Gasteiger partial charge in [0.1, 0.15) is 17.8 Å². The van der Waals surface area contributed by atoms with Gasteiger partial charge in [-0.15, -0.1) is 0 Å². The predicted molar refractivity (Wildman–Crippen MR) is 92.1 cm³/mol. The summed E-state index contributed by atoms with van der Waals surface area (Å²) in [6.07, 6.45) is 1.38. The van der Waals surface area contributed by atoms with Crippen LogP contribution in [0.15, 0.2) is 47.4 Å². The molecule has 0 fully saturated rings. The van der Waals surface area contributed by atoms with Gasteiger partial charge in [0.05, 0.1) is 5.57 Å². The Morgan fingerprint density at radius 2 is 1.80 bits per heavy atom. The molecule has 25 heavy (non-hydrogen) atoms. The van der Waals surface area contributed by atoms with Crippen molar-refractivity contribution in [3.8, 4) is 0 Å². The zero-order valence-electron chi connectivity index (χ0n) is 13.9. The fraction of sp³-hybridized carbons (Fsp3) is 0.211. The largest absolute Gasteiger partial charge is 0.612 e. The van der Waals surface area contributed by atoms with Crippen LogP contribution in [0.25, 0.3) is 11.3 Å². The Kier molecular flexibility index (Phi) is 4.43. The van der Waals surface area contributed by atoms with Crippen molar-refractivity contribution in [3.05, 3.63) is 65.2 Å². The van der Waals surface area contributed by atoms with E-state index in [-0.39, 0.29) is 22.0 Å².